The topological polar surface area (TPSA) is 71.1 Å². The highest BCUT2D eigenvalue weighted by molar-refractivity contribution is 5.60. The zero-order valence-corrected chi connectivity index (χ0v) is 16.8. The second-order valence-electron chi connectivity index (χ2n) is 7.92. The Morgan fingerprint density at radius 2 is 1.35 bits per heavy atom. The lowest BCUT2D eigenvalue weighted by molar-refractivity contribution is -0.0353. The summed E-state index contributed by atoms with van der Waals surface area (Å²) in [5, 5.41) is 0. The van der Waals surface area contributed by atoms with Gasteiger partial charge in [0.05, 0.1) is 13.2 Å². The summed E-state index contributed by atoms with van der Waals surface area (Å²) in [7, 11) is 0. The standard InChI is InChI=1S/C20H36O6/c1-15(2)8-5-6-12-23-19(21)25-17-9-7-10-18(14-17)26-20(22)24-13-11-16(3)4/h15-18H,5-14H2,1-4H3. The quantitative estimate of drug-likeness (QED) is 0.374. The zero-order chi connectivity index (χ0) is 19.4. The van der Waals surface area contributed by atoms with Gasteiger partial charge in [0.15, 0.2) is 0 Å². The van der Waals surface area contributed by atoms with Crippen molar-refractivity contribution in [3.63, 3.8) is 0 Å². The Bertz CT molecular complexity index is 407. The van der Waals surface area contributed by atoms with Gasteiger partial charge in [-0.3, -0.25) is 0 Å². The highest BCUT2D eigenvalue weighted by atomic mass is 16.7. The first-order valence-corrected chi connectivity index (χ1v) is 10.0. The van der Waals surface area contributed by atoms with Crippen LogP contribution in [0.4, 0.5) is 9.59 Å². The van der Waals surface area contributed by atoms with Gasteiger partial charge in [-0.1, -0.05) is 34.1 Å². The van der Waals surface area contributed by atoms with Gasteiger partial charge in [-0.15, -0.1) is 0 Å². The van der Waals surface area contributed by atoms with Crippen LogP contribution in [0.3, 0.4) is 0 Å². The normalized spacial score (nSPS) is 20.1. The van der Waals surface area contributed by atoms with E-state index in [9.17, 15) is 9.59 Å². The number of ether oxygens (including phenoxy) is 4. The fourth-order valence-corrected chi connectivity index (χ4v) is 2.84. The van der Waals surface area contributed by atoms with E-state index in [4.69, 9.17) is 18.9 Å². The van der Waals surface area contributed by atoms with Crippen LogP contribution in [0.1, 0.15) is 79.1 Å². The monoisotopic (exact) mass is 372 g/mol. The maximum absolute atomic E-state index is 11.8. The van der Waals surface area contributed by atoms with Gasteiger partial charge < -0.3 is 18.9 Å². The SMILES string of the molecule is CC(C)CCCCOC(=O)OC1CCCC(OC(=O)OCCC(C)C)C1. The molecular weight excluding hydrogens is 336 g/mol. The van der Waals surface area contributed by atoms with E-state index in [0.29, 0.717) is 31.5 Å². The molecule has 6 heteroatoms. The molecule has 2 unspecified atom stereocenters. The van der Waals surface area contributed by atoms with Gasteiger partial charge in [0.2, 0.25) is 0 Å². The first-order chi connectivity index (χ1) is 12.4. The van der Waals surface area contributed by atoms with Gasteiger partial charge in [0.1, 0.15) is 12.2 Å². The Labute approximate surface area is 157 Å². The highest BCUT2D eigenvalue weighted by Crippen LogP contribution is 2.24. The van der Waals surface area contributed by atoms with E-state index in [1.807, 2.05) is 0 Å². The fourth-order valence-electron chi connectivity index (χ4n) is 2.84. The zero-order valence-electron chi connectivity index (χ0n) is 16.8. The maximum atomic E-state index is 11.8. The summed E-state index contributed by atoms with van der Waals surface area (Å²) in [5.41, 5.74) is 0. The molecule has 1 aliphatic rings. The van der Waals surface area contributed by atoms with Crippen molar-refractivity contribution >= 4 is 12.3 Å². The number of hydrogen-bond acceptors (Lipinski definition) is 6. The van der Waals surface area contributed by atoms with E-state index in [1.165, 1.54) is 0 Å². The van der Waals surface area contributed by atoms with Gasteiger partial charge in [-0.2, -0.15) is 0 Å². The summed E-state index contributed by atoms with van der Waals surface area (Å²) in [6.45, 7) is 9.25. The van der Waals surface area contributed by atoms with Crippen molar-refractivity contribution in [3.05, 3.63) is 0 Å². The highest BCUT2D eigenvalue weighted by Gasteiger charge is 2.28. The molecule has 0 aliphatic heterocycles. The van der Waals surface area contributed by atoms with Crippen LogP contribution in [0.15, 0.2) is 0 Å². The van der Waals surface area contributed by atoms with Crippen molar-refractivity contribution in [2.75, 3.05) is 13.2 Å². The lowest BCUT2D eigenvalue weighted by Crippen LogP contribution is -2.32. The van der Waals surface area contributed by atoms with Crippen molar-refractivity contribution in [2.45, 2.75) is 91.3 Å². The Morgan fingerprint density at radius 1 is 0.808 bits per heavy atom. The molecule has 1 fully saturated rings. The van der Waals surface area contributed by atoms with Crippen LogP contribution >= 0.6 is 0 Å². The molecule has 0 heterocycles. The van der Waals surface area contributed by atoms with Gasteiger partial charge >= 0.3 is 12.3 Å². The number of unbranched alkanes of at least 4 members (excludes halogenated alkanes) is 1. The van der Waals surface area contributed by atoms with Crippen LogP contribution in [0.5, 0.6) is 0 Å². The predicted octanol–water partition coefficient (Wildman–Crippen LogP) is 5.48. The van der Waals surface area contributed by atoms with E-state index < -0.39 is 12.3 Å². The minimum absolute atomic E-state index is 0.264. The van der Waals surface area contributed by atoms with Crippen LogP contribution in [-0.4, -0.2) is 37.7 Å². The number of hydrogen-bond donors (Lipinski definition) is 0. The van der Waals surface area contributed by atoms with E-state index in [1.54, 1.807) is 0 Å². The molecule has 0 saturated heterocycles. The molecule has 0 aromatic carbocycles. The first-order valence-electron chi connectivity index (χ1n) is 10.0. The molecule has 0 spiro atoms. The number of carbonyl (C=O) groups excluding carboxylic acids is 2. The molecule has 0 amide bonds. The van der Waals surface area contributed by atoms with Crippen LogP contribution in [-0.2, 0) is 18.9 Å². The van der Waals surface area contributed by atoms with E-state index in [2.05, 4.69) is 27.7 Å². The Hall–Kier alpha value is -1.46. The van der Waals surface area contributed by atoms with E-state index >= 15 is 0 Å². The molecule has 1 saturated carbocycles. The Balaban J connectivity index is 2.17. The van der Waals surface area contributed by atoms with E-state index in [0.717, 1.165) is 44.9 Å². The van der Waals surface area contributed by atoms with Crippen LogP contribution in [0.2, 0.25) is 0 Å². The van der Waals surface area contributed by atoms with Crippen LogP contribution in [0, 0.1) is 11.8 Å². The third-order valence-electron chi connectivity index (χ3n) is 4.41. The minimum Gasteiger partial charge on any atom is -0.434 e. The van der Waals surface area contributed by atoms with Crippen molar-refractivity contribution in [2.24, 2.45) is 11.8 Å². The molecule has 0 aromatic heterocycles. The van der Waals surface area contributed by atoms with Crippen molar-refractivity contribution in [1.29, 1.82) is 0 Å². The summed E-state index contributed by atoms with van der Waals surface area (Å²) in [4.78, 5) is 23.5. The summed E-state index contributed by atoms with van der Waals surface area (Å²) in [6.07, 6.45) is 4.94. The fraction of sp³-hybridized carbons (Fsp3) is 0.900. The third-order valence-corrected chi connectivity index (χ3v) is 4.41. The Kier molecular flexibility index (Phi) is 11.1. The molecule has 1 rings (SSSR count). The average molecular weight is 373 g/mol. The third kappa shape index (κ3) is 11.2. The van der Waals surface area contributed by atoms with Gasteiger partial charge in [0, 0.05) is 6.42 Å². The van der Waals surface area contributed by atoms with Crippen molar-refractivity contribution < 1.29 is 28.5 Å². The van der Waals surface area contributed by atoms with Crippen LogP contribution < -0.4 is 0 Å². The maximum Gasteiger partial charge on any atom is 0.508 e. The molecule has 0 aromatic rings. The molecule has 152 valence electrons. The Morgan fingerprint density at radius 3 is 1.88 bits per heavy atom. The van der Waals surface area contributed by atoms with Gasteiger partial charge in [-0.05, 0) is 50.4 Å². The average Bonchev–Trinajstić information content (AvgIpc) is 2.54. The second-order valence-corrected chi connectivity index (χ2v) is 7.92. The molecule has 2 atom stereocenters. The second kappa shape index (κ2) is 12.8. The molecule has 1 aliphatic carbocycles. The van der Waals surface area contributed by atoms with Crippen molar-refractivity contribution in [3.8, 4) is 0 Å². The summed E-state index contributed by atoms with van der Waals surface area (Å²) < 4.78 is 20.9. The number of carbonyl (C=O) groups is 2. The summed E-state index contributed by atoms with van der Waals surface area (Å²) in [5.74, 6) is 1.14. The lowest BCUT2D eigenvalue weighted by Gasteiger charge is -2.28. The molecule has 0 bridgehead atoms. The first kappa shape index (κ1) is 22.6. The smallest absolute Gasteiger partial charge is 0.434 e. The number of rotatable bonds is 10. The molecular formula is C20H36O6. The predicted molar refractivity (Wildman–Crippen MR) is 99.1 cm³/mol. The molecule has 6 nitrogen and oxygen atoms in total. The molecule has 26 heavy (non-hydrogen) atoms. The van der Waals surface area contributed by atoms with Crippen LogP contribution in [0.25, 0.3) is 0 Å². The summed E-state index contributed by atoms with van der Waals surface area (Å²) in [6, 6.07) is 0. The largest absolute Gasteiger partial charge is 0.508 e. The van der Waals surface area contributed by atoms with Crippen molar-refractivity contribution in [1.82, 2.24) is 0 Å². The molecule has 0 radical (unpaired) electrons. The van der Waals surface area contributed by atoms with Gasteiger partial charge in [0.25, 0.3) is 0 Å². The minimum atomic E-state index is -0.635. The van der Waals surface area contributed by atoms with Gasteiger partial charge in [-0.25, -0.2) is 9.59 Å². The summed E-state index contributed by atoms with van der Waals surface area (Å²) >= 11 is 0. The lowest BCUT2D eigenvalue weighted by atomic mass is 9.95. The molecule has 0 N–H and O–H groups in total. The van der Waals surface area contributed by atoms with E-state index in [-0.39, 0.29) is 12.2 Å².